The molecule has 0 saturated carbocycles. The van der Waals surface area contributed by atoms with Crippen molar-refractivity contribution in [2.75, 3.05) is 4.72 Å². The van der Waals surface area contributed by atoms with E-state index in [9.17, 15) is 8.42 Å². The summed E-state index contributed by atoms with van der Waals surface area (Å²) in [6, 6.07) is 11.4. The Kier molecular flexibility index (Phi) is 3.85. The molecular formula is C14H15N3O2S. The second kappa shape index (κ2) is 5.42. The van der Waals surface area contributed by atoms with Gasteiger partial charge in [0.1, 0.15) is 0 Å². The number of benzene rings is 2. The van der Waals surface area contributed by atoms with Crippen LogP contribution in [-0.4, -0.2) is 8.42 Å². The van der Waals surface area contributed by atoms with Crippen molar-refractivity contribution in [1.29, 1.82) is 5.53 Å². The first-order valence-electron chi connectivity index (χ1n) is 5.99. The normalized spacial score (nSPS) is 11.1. The molecule has 0 amide bonds. The summed E-state index contributed by atoms with van der Waals surface area (Å²) in [5, 5.41) is 3.24. The fourth-order valence-electron chi connectivity index (χ4n) is 1.95. The third-order valence-corrected chi connectivity index (χ3v) is 4.15. The molecule has 6 heteroatoms. The van der Waals surface area contributed by atoms with Gasteiger partial charge in [0.2, 0.25) is 0 Å². The van der Waals surface area contributed by atoms with Crippen LogP contribution in [0.1, 0.15) is 11.1 Å². The summed E-state index contributed by atoms with van der Waals surface area (Å²) in [4.78, 5) is 0.143. The summed E-state index contributed by atoms with van der Waals surface area (Å²) >= 11 is 0. The van der Waals surface area contributed by atoms with E-state index in [1.807, 2.05) is 19.9 Å². The molecule has 104 valence electrons. The summed E-state index contributed by atoms with van der Waals surface area (Å²) in [5.41, 5.74) is 9.79. The smallest absolute Gasteiger partial charge is 0.261 e. The lowest BCUT2D eigenvalue weighted by molar-refractivity contribution is 0.601. The van der Waals surface area contributed by atoms with Crippen molar-refractivity contribution < 1.29 is 8.42 Å². The van der Waals surface area contributed by atoms with Gasteiger partial charge in [-0.15, -0.1) is 0 Å². The summed E-state index contributed by atoms with van der Waals surface area (Å²) in [6.45, 7) is 3.82. The Balaban J connectivity index is 2.32. The minimum absolute atomic E-state index is 0.143. The Morgan fingerprint density at radius 1 is 1.00 bits per heavy atom. The molecule has 0 unspecified atom stereocenters. The number of hydrogen-bond donors (Lipinski definition) is 2. The van der Waals surface area contributed by atoms with E-state index in [1.54, 1.807) is 12.1 Å². The van der Waals surface area contributed by atoms with Gasteiger partial charge in [-0.1, -0.05) is 6.07 Å². The van der Waals surface area contributed by atoms with Crippen molar-refractivity contribution >= 4 is 21.4 Å². The van der Waals surface area contributed by atoms with Crippen LogP contribution in [0.2, 0.25) is 0 Å². The maximum absolute atomic E-state index is 12.2. The van der Waals surface area contributed by atoms with Gasteiger partial charge in [0, 0.05) is 5.69 Å². The summed E-state index contributed by atoms with van der Waals surface area (Å²) in [7, 11) is -3.62. The molecule has 2 aromatic rings. The van der Waals surface area contributed by atoms with E-state index in [-0.39, 0.29) is 4.90 Å². The van der Waals surface area contributed by atoms with Gasteiger partial charge in [0.15, 0.2) is 0 Å². The largest absolute Gasteiger partial charge is 0.280 e. The Labute approximate surface area is 118 Å². The van der Waals surface area contributed by atoms with Crippen molar-refractivity contribution in [2.24, 2.45) is 5.11 Å². The summed E-state index contributed by atoms with van der Waals surface area (Å²) in [6.07, 6.45) is 0. The minimum atomic E-state index is -3.62. The van der Waals surface area contributed by atoms with Gasteiger partial charge in [-0.25, -0.2) is 13.9 Å². The molecule has 0 aliphatic rings. The molecule has 5 nitrogen and oxygen atoms in total. The quantitative estimate of drug-likeness (QED) is 0.840. The molecule has 0 aliphatic carbocycles. The molecule has 0 atom stereocenters. The van der Waals surface area contributed by atoms with E-state index in [2.05, 4.69) is 9.84 Å². The monoisotopic (exact) mass is 289 g/mol. The van der Waals surface area contributed by atoms with Gasteiger partial charge >= 0.3 is 0 Å². The van der Waals surface area contributed by atoms with Gasteiger partial charge in [0.25, 0.3) is 10.0 Å². The first kappa shape index (κ1) is 14.2. The molecule has 0 aliphatic heterocycles. The zero-order chi connectivity index (χ0) is 14.8. The predicted octanol–water partition coefficient (Wildman–Crippen LogP) is 3.77. The topological polar surface area (TPSA) is 82.4 Å². The fraction of sp³-hybridized carbons (Fsp3) is 0.143. The highest BCUT2D eigenvalue weighted by Gasteiger charge is 2.14. The molecule has 20 heavy (non-hydrogen) atoms. The van der Waals surface area contributed by atoms with E-state index in [1.165, 1.54) is 24.3 Å². The van der Waals surface area contributed by atoms with Crippen LogP contribution in [0.15, 0.2) is 52.5 Å². The van der Waals surface area contributed by atoms with Gasteiger partial charge in [-0.2, -0.15) is 5.11 Å². The average molecular weight is 289 g/mol. The lowest BCUT2D eigenvalue weighted by atomic mass is 10.1. The SMILES string of the molecule is Cc1cc(C)cc(NS(=O)(=O)c2ccc(N=N)cc2)c1. The van der Waals surface area contributed by atoms with Crippen molar-refractivity contribution in [3.63, 3.8) is 0 Å². The van der Waals surface area contributed by atoms with Crippen LogP contribution in [-0.2, 0) is 10.0 Å². The van der Waals surface area contributed by atoms with E-state index < -0.39 is 10.0 Å². The van der Waals surface area contributed by atoms with Crippen molar-refractivity contribution in [1.82, 2.24) is 0 Å². The molecule has 0 heterocycles. The zero-order valence-electron chi connectivity index (χ0n) is 11.2. The van der Waals surface area contributed by atoms with E-state index >= 15 is 0 Å². The number of nitrogens with zero attached hydrogens (tertiary/aromatic N) is 1. The number of hydrogen-bond acceptors (Lipinski definition) is 4. The van der Waals surface area contributed by atoms with Crippen LogP contribution in [0, 0.1) is 19.4 Å². The van der Waals surface area contributed by atoms with Crippen LogP contribution in [0.3, 0.4) is 0 Å². The van der Waals surface area contributed by atoms with E-state index in [0.717, 1.165) is 11.1 Å². The van der Waals surface area contributed by atoms with E-state index in [0.29, 0.717) is 11.4 Å². The van der Waals surface area contributed by atoms with Crippen LogP contribution >= 0.6 is 0 Å². The van der Waals surface area contributed by atoms with Crippen LogP contribution < -0.4 is 4.72 Å². The molecular weight excluding hydrogens is 274 g/mol. The Morgan fingerprint density at radius 3 is 2.05 bits per heavy atom. The second-order valence-corrected chi connectivity index (χ2v) is 6.27. The first-order valence-corrected chi connectivity index (χ1v) is 7.48. The molecule has 2 N–H and O–H groups in total. The van der Waals surface area contributed by atoms with Gasteiger partial charge in [-0.3, -0.25) is 4.72 Å². The third-order valence-electron chi connectivity index (χ3n) is 2.75. The third kappa shape index (κ3) is 3.21. The summed E-state index contributed by atoms with van der Waals surface area (Å²) in [5.74, 6) is 0. The standard InChI is InChI=1S/C14H15N3O2S/c1-10-7-11(2)9-13(8-10)17-20(18,19)14-5-3-12(16-15)4-6-14/h3-9,15,17H,1-2H3. The first-order chi connectivity index (χ1) is 9.40. The molecule has 0 bridgehead atoms. The van der Waals surface area contributed by atoms with Crippen molar-refractivity contribution in [3.8, 4) is 0 Å². The Hall–Kier alpha value is -2.21. The zero-order valence-corrected chi connectivity index (χ0v) is 12.0. The van der Waals surface area contributed by atoms with Crippen LogP contribution in [0.4, 0.5) is 11.4 Å². The number of anilines is 1. The molecule has 0 spiro atoms. The average Bonchev–Trinajstić information content (AvgIpc) is 2.37. The minimum Gasteiger partial charge on any atom is -0.280 e. The highest BCUT2D eigenvalue weighted by Crippen LogP contribution is 2.21. The van der Waals surface area contributed by atoms with Crippen molar-refractivity contribution in [3.05, 3.63) is 53.6 Å². The van der Waals surface area contributed by atoms with Gasteiger partial charge < -0.3 is 0 Å². The molecule has 0 aromatic heterocycles. The maximum atomic E-state index is 12.2. The van der Waals surface area contributed by atoms with Crippen LogP contribution in [0.25, 0.3) is 0 Å². The molecule has 0 radical (unpaired) electrons. The Morgan fingerprint density at radius 2 is 1.55 bits per heavy atom. The number of nitrogens with one attached hydrogen (secondary N) is 2. The molecule has 2 rings (SSSR count). The number of rotatable bonds is 4. The number of sulfonamides is 1. The molecule has 0 fully saturated rings. The Bertz CT molecular complexity index is 717. The molecule has 0 saturated heterocycles. The number of aryl methyl sites for hydroxylation is 2. The maximum Gasteiger partial charge on any atom is 0.261 e. The lowest BCUT2D eigenvalue weighted by Gasteiger charge is -2.10. The van der Waals surface area contributed by atoms with E-state index in [4.69, 9.17) is 5.53 Å². The van der Waals surface area contributed by atoms with Crippen molar-refractivity contribution in [2.45, 2.75) is 18.7 Å². The highest BCUT2D eigenvalue weighted by molar-refractivity contribution is 7.92. The van der Waals surface area contributed by atoms with Gasteiger partial charge in [0.05, 0.1) is 10.6 Å². The second-order valence-electron chi connectivity index (χ2n) is 4.59. The van der Waals surface area contributed by atoms with Crippen LogP contribution in [0.5, 0.6) is 0 Å². The lowest BCUT2D eigenvalue weighted by Crippen LogP contribution is -2.13. The highest BCUT2D eigenvalue weighted by atomic mass is 32.2. The summed E-state index contributed by atoms with van der Waals surface area (Å²) < 4.78 is 27.0. The predicted molar refractivity (Wildman–Crippen MR) is 78.0 cm³/mol. The molecule has 2 aromatic carbocycles. The fourth-order valence-corrected chi connectivity index (χ4v) is 2.99. The van der Waals surface area contributed by atoms with Gasteiger partial charge in [-0.05, 0) is 61.4 Å².